The van der Waals surface area contributed by atoms with Gasteiger partial charge in [-0.15, -0.1) is 10.2 Å². The quantitative estimate of drug-likeness (QED) is 0.361. The third kappa shape index (κ3) is 3.92. The van der Waals surface area contributed by atoms with Gasteiger partial charge in [0.15, 0.2) is 11.5 Å². The standard InChI is InChI=1S/C24H22N6O3S/c1-16-7-8-18(15-21(16)34(31,32)26-13-14-33-2)22-19-5-3-4-6-20(19)24-28-27-23(30(24)29-22)17-9-11-25-12-10-17/h3-12,15,26H,13-14H2,1-2H3. The average molecular weight is 475 g/mol. The molecule has 1 N–H and O–H groups in total. The second-order valence-electron chi connectivity index (χ2n) is 7.76. The van der Waals surface area contributed by atoms with Crippen LogP contribution in [0.3, 0.4) is 0 Å². The van der Waals surface area contributed by atoms with Gasteiger partial charge in [0.05, 0.1) is 17.2 Å². The van der Waals surface area contributed by atoms with Crippen molar-refractivity contribution in [2.24, 2.45) is 0 Å². The first-order chi connectivity index (χ1) is 16.5. The predicted octanol–water partition coefficient (Wildman–Crippen LogP) is 3.24. The summed E-state index contributed by atoms with van der Waals surface area (Å²) in [6, 6.07) is 16.8. The molecule has 0 atom stereocenters. The summed E-state index contributed by atoms with van der Waals surface area (Å²) in [5.74, 6) is 0.575. The van der Waals surface area contributed by atoms with E-state index in [4.69, 9.17) is 9.84 Å². The highest BCUT2D eigenvalue weighted by atomic mass is 32.2. The van der Waals surface area contributed by atoms with Crippen LogP contribution >= 0.6 is 0 Å². The van der Waals surface area contributed by atoms with Crippen LogP contribution in [0.15, 0.2) is 71.9 Å². The minimum absolute atomic E-state index is 0.186. The Labute approximate surface area is 196 Å². The molecule has 5 rings (SSSR count). The first kappa shape index (κ1) is 22.1. The van der Waals surface area contributed by atoms with Gasteiger partial charge in [0.25, 0.3) is 0 Å². The second-order valence-corrected chi connectivity index (χ2v) is 9.50. The summed E-state index contributed by atoms with van der Waals surface area (Å²) < 4.78 is 35.2. The summed E-state index contributed by atoms with van der Waals surface area (Å²) in [7, 11) is -2.20. The normalized spacial score (nSPS) is 11.9. The predicted molar refractivity (Wildman–Crippen MR) is 129 cm³/mol. The number of pyridine rings is 1. The van der Waals surface area contributed by atoms with Crippen molar-refractivity contribution < 1.29 is 13.2 Å². The Hall–Kier alpha value is -3.73. The van der Waals surface area contributed by atoms with Gasteiger partial charge in [0.1, 0.15) is 0 Å². The molecule has 0 spiro atoms. The smallest absolute Gasteiger partial charge is 0.240 e. The molecule has 10 heteroatoms. The minimum atomic E-state index is -3.73. The molecule has 0 aliphatic rings. The average Bonchev–Trinajstić information content (AvgIpc) is 3.29. The van der Waals surface area contributed by atoms with Crippen molar-refractivity contribution in [2.75, 3.05) is 20.3 Å². The molecular weight excluding hydrogens is 452 g/mol. The van der Waals surface area contributed by atoms with Crippen LogP contribution in [-0.2, 0) is 14.8 Å². The lowest BCUT2D eigenvalue weighted by molar-refractivity contribution is 0.204. The molecule has 0 saturated carbocycles. The zero-order valence-corrected chi connectivity index (χ0v) is 19.5. The van der Waals surface area contributed by atoms with Gasteiger partial charge < -0.3 is 4.74 Å². The van der Waals surface area contributed by atoms with Crippen molar-refractivity contribution in [3.05, 3.63) is 72.6 Å². The molecule has 0 bridgehead atoms. The Bertz CT molecular complexity index is 1600. The van der Waals surface area contributed by atoms with Gasteiger partial charge in [-0.25, -0.2) is 13.1 Å². The molecule has 3 heterocycles. The molecule has 9 nitrogen and oxygen atoms in total. The number of methoxy groups -OCH3 is 1. The molecule has 0 unspecified atom stereocenters. The molecule has 0 radical (unpaired) electrons. The first-order valence-electron chi connectivity index (χ1n) is 10.6. The Morgan fingerprint density at radius 2 is 1.74 bits per heavy atom. The Morgan fingerprint density at radius 1 is 0.971 bits per heavy atom. The number of hydrogen-bond donors (Lipinski definition) is 1. The van der Waals surface area contributed by atoms with Gasteiger partial charge in [-0.05, 0) is 30.7 Å². The Morgan fingerprint density at radius 3 is 2.50 bits per heavy atom. The van der Waals surface area contributed by atoms with Gasteiger partial charge in [0, 0.05) is 47.9 Å². The number of rotatable bonds is 7. The molecular formula is C24H22N6O3S. The van der Waals surface area contributed by atoms with Crippen LogP contribution in [0.5, 0.6) is 0 Å². The van der Waals surface area contributed by atoms with E-state index in [9.17, 15) is 8.42 Å². The number of aryl methyl sites for hydroxylation is 1. The fraction of sp³-hybridized carbons (Fsp3) is 0.167. The van der Waals surface area contributed by atoms with E-state index in [1.807, 2.05) is 42.5 Å². The van der Waals surface area contributed by atoms with Crippen LogP contribution in [-0.4, -0.2) is 53.5 Å². The zero-order valence-electron chi connectivity index (χ0n) is 18.6. The number of fused-ring (bicyclic) bond motifs is 3. The van der Waals surface area contributed by atoms with E-state index in [0.29, 0.717) is 28.3 Å². The van der Waals surface area contributed by atoms with Crippen LogP contribution in [0.2, 0.25) is 0 Å². The molecule has 5 aromatic rings. The van der Waals surface area contributed by atoms with Crippen molar-refractivity contribution in [3.63, 3.8) is 0 Å². The Balaban J connectivity index is 1.72. The Kier molecular flexibility index (Phi) is 5.78. The lowest BCUT2D eigenvalue weighted by atomic mass is 10.0. The number of nitrogens with one attached hydrogen (secondary N) is 1. The van der Waals surface area contributed by atoms with Crippen LogP contribution in [0.4, 0.5) is 0 Å². The van der Waals surface area contributed by atoms with Crippen LogP contribution in [0, 0.1) is 6.92 Å². The van der Waals surface area contributed by atoms with E-state index >= 15 is 0 Å². The highest BCUT2D eigenvalue weighted by Crippen LogP contribution is 2.32. The molecule has 0 amide bonds. The van der Waals surface area contributed by atoms with Crippen molar-refractivity contribution in [1.82, 2.24) is 29.5 Å². The van der Waals surface area contributed by atoms with E-state index in [1.165, 1.54) is 7.11 Å². The third-order valence-electron chi connectivity index (χ3n) is 5.55. The topological polar surface area (TPSA) is 111 Å². The van der Waals surface area contributed by atoms with E-state index in [0.717, 1.165) is 16.3 Å². The van der Waals surface area contributed by atoms with Crippen LogP contribution in [0.25, 0.3) is 39.1 Å². The number of sulfonamides is 1. The van der Waals surface area contributed by atoms with Gasteiger partial charge in [-0.3, -0.25) is 4.98 Å². The fourth-order valence-corrected chi connectivity index (χ4v) is 5.15. The molecule has 34 heavy (non-hydrogen) atoms. The molecule has 0 fully saturated rings. The summed E-state index contributed by atoms with van der Waals surface area (Å²) in [5, 5.41) is 15.3. The number of hydrogen-bond acceptors (Lipinski definition) is 7. The fourth-order valence-electron chi connectivity index (χ4n) is 3.87. The van der Waals surface area contributed by atoms with E-state index in [1.54, 1.807) is 36.0 Å². The highest BCUT2D eigenvalue weighted by molar-refractivity contribution is 7.89. The molecule has 0 saturated heterocycles. The van der Waals surface area contributed by atoms with E-state index < -0.39 is 10.0 Å². The number of aromatic nitrogens is 5. The third-order valence-corrected chi connectivity index (χ3v) is 7.15. The molecule has 3 aromatic heterocycles. The van der Waals surface area contributed by atoms with Gasteiger partial charge in [-0.2, -0.15) is 9.61 Å². The van der Waals surface area contributed by atoms with Crippen LogP contribution in [0.1, 0.15) is 5.56 Å². The summed E-state index contributed by atoms with van der Waals surface area (Å²) in [4.78, 5) is 4.27. The molecule has 2 aromatic carbocycles. The number of ether oxygens (including phenoxy) is 1. The van der Waals surface area contributed by atoms with E-state index in [2.05, 4.69) is 19.9 Å². The summed E-state index contributed by atoms with van der Waals surface area (Å²) in [5.41, 5.74) is 3.38. The van der Waals surface area contributed by atoms with Crippen molar-refractivity contribution in [3.8, 4) is 22.6 Å². The van der Waals surface area contributed by atoms with Crippen molar-refractivity contribution in [2.45, 2.75) is 11.8 Å². The minimum Gasteiger partial charge on any atom is -0.383 e. The molecule has 0 aliphatic heterocycles. The number of nitrogens with zero attached hydrogens (tertiary/aromatic N) is 5. The highest BCUT2D eigenvalue weighted by Gasteiger charge is 2.20. The number of benzene rings is 2. The zero-order chi connectivity index (χ0) is 23.7. The maximum Gasteiger partial charge on any atom is 0.240 e. The largest absolute Gasteiger partial charge is 0.383 e. The lowest BCUT2D eigenvalue weighted by Crippen LogP contribution is -2.27. The first-order valence-corrected chi connectivity index (χ1v) is 12.1. The summed E-state index contributed by atoms with van der Waals surface area (Å²) in [6.07, 6.45) is 3.37. The van der Waals surface area contributed by atoms with Gasteiger partial charge in [-0.1, -0.05) is 36.4 Å². The van der Waals surface area contributed by atoms with E-state index in [-0.39, 0.29) is 18.0 Å². The second kappa shape index (κ2) is 8.90. The molecule has 0 aliphatic carbocycles. The summed E-state index contributed by atoms with van der Waals surface area (Å²) in [6.45, 7) is 2.24. The summed E-state index contributed by atoms with van der Waals surface area (Å²) >= 11 is 0. The van der Waals surface area contributed by atoms with Gasteiger partial charge >= 0.3 is 0 Å². The monoisotopic (exact) mass is 474 g/mol. The van der Waals surface area contributed by atoms with Crippen LogP contribution < -0.4 is 4.72 Å². The van der Waals surface area contributed by atoms with Gasteiger partial charge in [0.2, 0.25) is 10.0 Å². The SMILES string of the molecule is COCCNS(=O)(=O)c1cc(-c2nn3c(-c4ccncc4)nnc3c3ccccc23)ccc1C. The lowest BCUT2D eigenvalue weighted by Gasteiger charge is -2.13. The maximum absolute atomic E-state index is 13.0. The molecule has 172 valence electrons. The maximum atomic E-state index is 13.0. The van der Waals surface area contributed by atoms with Crippen molar-refractivity contribution >= 4 is 26.4 Å². The van der Waals surface area contributed by atoms with Crippen molar-refractivity contribution in [1.29, 1.82) is 0 Å².